The minimum atomic E-state index is -0.597. The number of nitrogens with one attached hydrogen (secondary N) is 1. The van der Waals surface area contributed by atoms with E-state index in [1.165, 1.54) is 6.07 Å². The Morgan fingerprint density at radius 3 is 2.68 bits per heavy atom. The van der Waals surface area contributed by atoms with E-state index in [1.807, 2.05) is 6.92 Å². The van der Waals surface area contributed by atoms with Crippen molar-refractivity contribution in [2.24, 2.45) is 5.10 Å². The second-order valence-electron chi connectivity index (χ2n) is 4.78. The third-order valence-corrected chi connectivity index (χ3v) is 3.69. The minimum absolute atomic E-state index is 0.0908. The predicted octanol–water partition coefficient (Wildman–Crippen LogP) is 3.23. The quantitative estimate of drug-likeness (QED) is 0.433. The van der Waals surface area contributed by atoms with E-state index in [0.29, 0.717) is 17.9 Å². The number of phenols is 1. The Morgan fingerprint density at radius 2 is 2.08 bits per heavy atom. The van der Waals surface area contributed by atoms with Gasteiger partial charge in [-0.05, 0) is 47.1 Å². The van der Waals surface area contributed by atoms with Crippen LogP contribution < -0.4 is 10.2 Å². The number of amides is 1. The largest absolute Gasteiger partial charge is 0.506 e. The van der Waals surface area contributed by atoms with Crippen LogP contribution in [0.1, 0.15) is 22.8 Å². The van der Waals surface area contributed by atoms with Gasteiger partial charge in [-0.2, -0.15) is 5.10 Å². The van der Waals surface area contributed by atoms with Crippen LogP contribution in [-0.2, 0) is 0 Å². The van der Waals surface area contributed by atoms with Crippen LogP contribution in [0.3, 0.4) is 0 Å². The molecule has 0 aliphatic rings. The van der Waals surface area contributed by atoms with E-state index in [2.05, 4.69) is 26.5 Å². The smallest absolute Gasteiger partial charge is 0.271 e. The van der Waals surface area contributed by atoms with Gasteiger partial charge >= 0.3 is 0 Å². The number of benzene rings is 2. The number of hydrogen-bond donors (Lipinski definition) is 2. The molecule has 0 saturated carbocycles. The number of phenolic OH excluding ortho intramolecular Hbond substituents is 1. The van der Waals surface area contributed by atoms with Gasteiger partial charge in [-0.1, -0.05) is 0 Å². The molecule has 0 bridgehead atoms. The first kappa shape index (κ1) is 18.4. The second kappa shape index (κ2) is 8.25. The summed E-state index contributed by atoms with van der Waals surface area (Å²) in [5, 5.41) is 24.4. The molecule has 0 aliphatic heterocycles. The molecule has 2 aromatic carbocycles. The van der Waals surface area contributed by atoms with Gasteiger partial charge in [0, 0.05) is 23.3 Å². The summed E-state index contributed by atoms with van der Waals surface area (Å²) in [4.78, 5) is 22.2. The number of hydrogen-bond acceptors (Lipinski definition) is 6. The van der Waals surface area contributed by atoms with Crippen LogP contribution >= 0.6 is 15.9 Å². The number of carbonyl (C=O) groups is 1. The minimum Gasteiger partial charge on any atom is -0.506 e. The van der Waals surface area contributed by atoms with Crippen LogP contribution in [0.2, 0.25) is 0 Å². The van der Waals surface area contributed by atoms with E-state index < -0.39 is 10.8 Å². The number of nitro groups is 1. The van der Waals surface area contributed by atoms with Gasteiger partial charge in [0.1, 0.15) is 11.5 Å². The van der Waals surface area contributed by atoms with Gasteiger partial charge in [0.25, 0.3) is 11.6 Å². The first-order valence-electron chi connectivity index (χ1n) is 7.15. The van der Waals surface area contributed by atoms with E-state index in [1.54, 1.807) is 24.3 Å². The molecular formula is C16H14BrN3O5. The van der Waals surface area contributed by atoms with E-state index in [4.69, 9.17) is 4.74 Å². The number of rotatable bonds is 6. The molecule has 1 amide bonds. The van der Waals surface area contributed by atoms with Gasteiger partial charge in [-0.15, -0.1) is 0 Å². The number of hydrazone groups is 1. The van der Waals surface area contributed by atoms with Crippen LogP contribution in [0.4, 0.5) is 5.69 Å². The highest BCUT2D eigenvalue weighted by atomic mass is 79.9. The summed E-state index contributed by atoms with van der Waals surface area (Å²) in [5.41, 5.74) is 2.53. The zero-order chi connectivity index (χ0) is 18.4. The van der Waals surface area contributed by atoms with Crippen molar-refractivity contribution in [3.05, 3.63) is 62.1 Å². The Kier molecular flexibility index (Phi) is 6.07. The van der Waals surface area contributed by atoms with Crippen molar-refractivity contribution >= 4 is 33.7 Å². The van der Waals surface area contributed by atoms with Gasteiger partial charge in [0.15, 0.2) is 0 Å². The molecule has 8 nitrogen and oxygen atoms in total. The zero-order valence-corrected chi connectivity index (χ0v) is 14.7. The lowest BCUT2D eigenvalue weighted by molar-refractivity contribution is -0.385. The molecule has 0 aliphatic carbocycles. The average molecular weight is 408 g/mol. The summed E-state index contributed by atoms with van der Waals surface area (Å²) >= 11 is 3.03. The fourth-order valence-corrected chi connectivity index (χ4v) is 2.37. The van der Waals surface area contributed by atoms with Gasteiger partial charge in [0.05, 0.1) is 22.2 Å². The topological polar surface area (TPSA) is 114 Å². The molecule has 25 heavy (non-hydrogen) atoms. The van der Waals surface area contributed by atoms with Crippen molar-refractivity contribution in [2.45, 2.75) is 6.92 Å². The summed E-state index contributed by atoms with van der Waals surface area (Å²) in [6.07, 6.45) is 1.12. The van der Waals surface area contributed by atoms with Crippen molar-refractivity contribution in [1.82, 2.24) is 5.43 Å². The van der Waals surface area contributed by atoms with Crippen molar-refractivity contribution in [3.8, 4) is 11.5 Å². The normalized spacial score (nSPS) is 10.6. The van der Waals surface area contributed by atoms with Crippen LogP contribution in [0.15, 0.2) is 46.0 Å². The maximum absolute atomic E-state index is 12.0. The van der Waals surface area contributed by atoms with Gasteiger partial charge in [-0.3, -0.25) is 14.9 Å². The molecule has 2 rings (SSSR count). The zero-order valence-electron chi connectivity index (χ0n) is 13.1. The SMILES string of the molecule is CCOc1ccc(C(=O)NN=Cc2cc([N+](=O)[O-])cc(Br)c2O)cc1. The maximum atomic E-state index is 12.0. The van der Waals surface area contributed by atoms with Gasteiger partial charge in [0.2, 0.25) is 0 Å². The number of carbonyl (C=O) groups excluding carboxylic acids is 1. The fourth-order valence-electron chi connectivity index (χ4n) is 1.90. The molecule has 0 aromatic heterocycles. The maximum Gasteiger partial charge on any atom is 0.271 e. The summed E-state index contributed by atoms with van der Waals surface area (Å²) in [6.45, 7) is 2.38. The predicted molar refractivity (Wildman–Crippen MR) is 95.1 cm³/mol. The molecular weight excluding hydrogens is 394 g/mol. The van der Waals surface area contributed by atoms with E-state index >= 15 is 0 Å². The summed E-state index contributed by atoms with van der Waals surface area (Å²) < 4.78 is 5.44. The first-order valence-corrected chi connectivity index (χ1v) is 7.94. The molecule has 0 atom stereocenters. The van der Waals surface area contributed by atoms with E-state index in [9.17, 15) is 20.0 Å². The van der Waals surface area contributed by atoms with Crippen molar-refractivity contribution in [3.63, 3.8) is 0 Å². The highest BCUT2D eigenvalue weighted by Gasteiger charge is 2.13. The van der Waals surface area contributed by atoms with Crippen LogP contribution in [0, 0.1) is 10.1 Å². The van der Waals surface area contributed by atoms with Crippen LogP contribution in [-0.4, -0.2) is 28.8 Å². The second-order valence-corrected chi connectivity index (χ2v) is 5.63. The summed E-state index contributed by atoms with van der Waals surface area (Å²) in [6, 6.07) is 8.80. The Labute approximate surface area is 151 Å². The van der Waals surface area contributed by atoms with Crippen LogP contribution in [0.25, 0.3) is 0 Å². The Hall–Kier alpha value is -2.94. The van der Waals surface area contributed by atoms with Gasteiger partial charge < -0.3 is 9.84 Å². The van der Waals surface area contributed by atoms with E-state index in [0.717, 1.165) is 12.3 Å². The first-order chi connectivity index (χ1) is 11.9. The highest BCUT2D eigenvalue weighted by molar-refractivity contribution is 9.10. The monoisotopic (exact) mass is 407 g/mol. The molecule has 9 heteroatoms. The van der Waals surface area contributed by atoms with E-state index in [-0.39, 0.29) is 21.5 Å². The Bertz CT molecular complexity index is 821. The molecule has 0 radical (unpaired) electrons. The third-order valence-electron chi connectivity index (χ3n) is 3.09. The van der Waals surface area contributed by atoms with Crippen LogP contribution in [0.5, 0.6) is 11.5 Å². The number of aromatic hydroxyl groups is 1. The number of nitrogens with zero attached hydrogens (tertiary/aromatic N) is 2. The summed E-state index contributed by atoms with van der Waals surface area (Å²) in [5.74, 6) is -0.0399. The Balaban J connectivity index is 2.10. The number of nitro benzene ring substituents is 1. The lowest BCUT2D eigenvalue weighted by Gasteiger charge is -2.04. The molecule has 2 N–H and O–H groups in total. The number of ether oxygens (including phenoxy) is 1. The van der Waals surface area contributed by atoms with Crippen molar-refractivity contribution in [1.29, 1.82) is 0 Å². The Morgan fingerprint density at radius 1 is 1.40 bits per heavy atom. The number of halogens is 1. The third kappa shape index (κ3) is 4.77. The van der Waals surface area contributed by atoms with Crippen molar-refractivity contribution < 1.29 is 19.6 Å². The number of non-ortho nitro benzene ring substituents is 1. The molecule has 130 valence electrons. The molecule has 0 fully saturated rings. The molecule has 0 spiro atoms. The molecule has 2 aromatic rings. The highest BCUT2D eigenvalue weighted by Crippen LogP contribution is 2.31. The van der Waals surface area contributed by atoms with Crippen molar-refractivity contribution in [2.75, 3.05) is 6.61 Å². The lowest BCUT2D eigenvalue weighted by atomic mass is 10.2. The fraction of sp³-hybridized carbons (Fsp3) is 0.125. The summed E-state index contributed by atoms with van der Waals surface area (Å²) in [7, 11) is 0. The van der Waals surface area contributed by atoms with Gasteiger partial charge in [-0.25, -0.2) is 5.43 Å². The molecule has 0 heterocycles. The molecule has 0 saturated heterocycles. The average Bonchev–Trinajstić information content (AvgIpc) is 2.59. The molecule has 0 unspecified atom stereocenters. The standard InChI is InChI=1S/C16H14BrN3O5/c1-2-25-13-5-3-10(4-6-13)16(22)19-18-9-11-7-12(20(23)24)8-14(17)15(11)21/h3-9,21H,2H2,1H3,(H,19,22). The lowest BCUT2D eigenvalue weighted by Crippen LogP contribution is -2.17.